The SMILES string of the molecule is COc1ccccc1CN(CCO)C(=O)[C@H](c1ccccc1C)N(C)C. The summed E-state index contributed by atoms with van der Waals surface area (Å²) in [4.78, 5) is 17.0. The van der Waals surface area contributed by atoms with E-state index in [4.69, 9.17) is 4.74 Å². The van der Waals surface area contributed by atoms with E-state index in [1.165, 1.54) is 0 Å². The molecule has 5 nitrogen and oxygen atoms in total. The number of carbonyl (C=O) groups is 1. The fourth-order valence-electron chi connectivity index (χ4n) is 3.13. The van der Waals surface area contributed by atoms with E-state index in [0.717, 1.165) is 22.4 Å². The van der Waals surface area contributed by atoms with Crippen LogP contribution < -0.4 is 4.74 Å². The van der Waals surface area contributed by atoms with Crippen molar-refractivity contribution in [2.45, 2.75) is 19.5 Å². The molecule has 0 aliphatic rings. The van der Waals surface area contributed by atoms with Gasteiger partial charge in [0.25, 0.3) is 0 Å². The molecule has 2 aromatic rings. The minimum absolute atomic E-state index is 0.0377. The van der Waals surface area contributed by atoms with Crippen molar-refractivity contribution < 1.29 is 14.6 Å². The Morgan fingerprint density at radius 2 is 1.77 bits per heavy atom. The van der Waals surface area contributed by atoms with E-state index in [-0.39, 0.29) is 19.1 Å². The van der Waals surface area contributed by atoms with Crippen molar-refractivity contribution >= 4 is 5.91 Å². The lowest BCUT2D eigenvalue weighted by Crippen LogP contribution is -2.41. The number of hydrogen-bond donors (Lipinski definition) is 1. The van der Waals surface area contributed by atoms with Crippen LogP contribution in [0.3, 0.4) is 0 Å². The number of likely N-dealkylation sites (N-methyl/N-ethyl adjacent to an activating group) is 1. The van der Waals surface area contributed by atoms with Crippen LogP contribution in [0, 0.1) is 6.92 Å². The Bertz CT molecular complexity index is 731. The maximum absolute atomic E-state index is 13.4. The normalized spacial score (nSPS) is 12.1. The number of nitrogens with zero attached hydrogens (tertiary/aromatic N) is 2. The number of hydrogen-bond acceptors (Lipinski definition) is 4. The lowest BCUT2D eigenvalue weighted by atomic mass is 9.99. The van der Waals surface area contributed by atoms with Gasteiger partial charge in [-0.1, -0.05) is 42.5 Å². The topological polar surface area (TPSA) is 53.0 Å². The largest absolute Gasteiger partial charge is 0.496 e. The Balaban J connectivity index is 2.34. The number of amides is 1. The Kier molecular flexibility index (Phi) is 7.18. The lowest BCUT2D eigenvalue weighted by molar-refractivity contribution is -0.137. The van der Waals surface area contributed by atoms with Gasteiger partial charge < -0.3 is 14.7 Å². The van der Waals surface area contributed by atoms with Crippen molar-refractivity contribution in [3.05, 3.63) is 65.2 Å². The number of aryl methyl sites for hydroxylation is 1. The zero-order valence-electron chi connectivity index (χ0n) is 16.0. The Morgan fingerprint density at radius 1 is 1.12 bits per heavy atom. The molecular weight excluding hydrogens is 328 g/mol. The molecule has 1 N–H and O–H groups in total. The molecule has 0 aromatic heterocycles. The molecule has 0 aliphatic heterocycles. The summed E-state index contributed by atoms with van der Waals surface area (Å²) in [7, 11) is 5.41. The third-order valence-electron chi connectivity index (χ3n) is 4.47. The van der Waals surface area contributed by atoms with Gasteiger partial charge in [0.05, 0.1) is 13.7 Å². The van der Waals surface area contributed by atoms with Crippen LogP contribution in [0.25, 0.3) is 0 Å². The van der Waals surface area contributed by atoms with Gasteiger partial charge in [-0.3, -0.25) is 9.69 Å². The number of benzene rings is 2. The summed E-state index contributed by atoms with van der Waals surface area (Å²) < 4.78 is 5.40. The third-order valence-corrected chi connectivity index (χ3v) is 4.47. The fourth-order valence-corrected chi connectivity index (χ4v) is 3.13. The zero-order valence-corrected chi connectivity index (χ0v) is 16.0. The number of para-hydroxylation sites is 1. The first kappa shape index (κ1) is 19.9. The highest BCUT2D eigenvalue weighted by atomic mass is 16.5. The molecule has 0 heterocycles. The predicted molar refractivity (Wildman–Crippen MR) is 103 cm³/mol. The highest BCUT2D eigenvalue weighted by molar-refractivity contribution is 5.83. The van der Waals surface area contributed by atoms with Crippen molar-refractivity contribution in [2.75, 3.05) is 34.4 Å². The Morgan fingerprint density at radius 3 is 2.38 bits per heavy atom. The van der Waals surface area contributed by atoms with Crippen molar-refractivity contribution in [1.29, 1.82) is 0 Å². The molecule has 2 rings (SSSR count). The highest BCUT2D eigenvalue weighted by Gasteiger charge is 2.29. The van der Waals surface area contributed by atoms with Crippen LogP contribution in [0.1, 0.15) is 22.7 Å². The average molecular weight is 356 g/mol. The van der Waals surface area contributed by atoms with Gasteiger partial charge in [0, 0.05) is 18.7 Å². The van der Waals surface area contributed by atoms with Crippen LogP contribution in [0.5, 0.6) is 5.75 Å². The van der Waals surface area contributed by atoms with Crippen LogP contribution in [0.15, 0.2) is 48.5 Å². The molecule has 0 unspecified atom stereocenters. The standard InChI is InChI=1S/C21H28N2O3/c1-16-9-5-7-11-18(16)20(22(2)3)21(25)23(13-14-24)15-17-10-6-8-12-19(17)26-4/h5-12,20,24H,13-15H2,1-4H3/t20-/m0/s1. The van der Waals surface area contributed by atoms with Gasteiger partial charge in [-0.05, 0) is 38.2 Å². The third kappa shape index (κ3) is 4.62. The van der Waals surface area contributed by atoms with E-state index in [0.29, 0.717) is 6.54 Å². The summed E-state index contributed by atoms with van der Waals surface area (Å²) in [5.41, 5.74) is 2.96. The number of aliphatic hydroxyl groups is 1. The van der Waals surface area contributed by atoms with Gasteiger partial charge >= 0.3 is 0 Å². The molecule has 0 fully saturated rings. The second-order valence-electron chi connectivity index (χ2n) is 6.52. The first-order chi connectivity index (χ1) is 12.5. The highest BCUT2D eigenvalue weighted by Crippen LogP contribution is 2.26. The van der Waals surface area contributed by atoms with Crippen LogP contribution in [0.2, 0.25) is 0 Å². The van der Waals surface area contributed by atoms with Crippen LogP contribution in [-0.2, 0) is 11.3 Å². The number of carbonyl (C=O) groups excluding carboxylic acids is 1. The quantitative estimate of drug-likeness (QED) is 0.790. The molecule has 26 heavy (non-hydrogen) atoms. The number of ether oxygens (including phenoxy) is 1. The molecule has 0 saturated heterocycles. The second kappa shape index (κ2) is 9.36. The second-order valence-corrected chi connectivity index (χ2v) is 6.52. The molecule has 5 heteroatoms. The molecule has 1 amide bonds. The molecule has 0 saturated carbocycles. The monoisotopic (exact) mass is 356 g/mol. The van der Waals surface area contributed by atoms with Crippen LogP contribution in [-0.4, -0.2) is 55.2 Å². The van der Waals surface area contributed by atoms with E-state index < -0.39 is 6.04 Å². The van der Waals surface area contributed by atoms with Gasteiger partial charge in [-0.2, -0.15) is 0 Å². The molecular formula is C21H28N2O3. The van der Waals surface area contributed by atoms with Crippen molar-refractivity contribution in [3.63, 3.8) is 0 Å². The minimum atomic E-state index is -0.405. The van der Waals surface area contributed by atoms with Crippen LogP contribution in [0.4, 0.5) is 0 Å². The number of methoxy groups -OCH3 is 1. The number of rotatable bonds is 8. The Labute approximate surface area is 155 Å². The molecule has 2 aromatic carbocycles. The molecule has 0 radical (unpaired) electrons. The maximum atomic E-state index is 13.4. The van der Waals surface area contributed by atoms with Gasteiger partial charge in [-0.15, -0.1) is 0 Å². The van der Waals surface area contributed by atoms with Gasteiger partial charge in [0.15, 0.2) is 0 Å². The van der Waals surface area contributed by atoms with E-state index in [1.54, 1.807) is 12.0 Å². The van der Waals surface area contributed by atoms with E-state index in [1.807, 2.05) is 74.4 Å². The smallest absolute Gasteiger partial charge is 0.244 e. The molecule has 0 aliphatic carbocycles. The average Bonchev–Trinajstić information content (AvgIpc) is 2.63. The lowest BCUT2D eigenvalue weighted by Gasteiger charge is -2.32. The summed E-state index contributed by atoms with van der Waals surface area (Å²) in [6.45, 7) is 2.58. The maximum Gasteiger partial charge on any atom is 0.244 e. The van der Waals surface area contributed by atoms with E-state index >= 15 is 0 Å². The number of aliphatic hydroxyl groups excluding tert-OH is 1. The first-order valence-corrected chi connectivity index (χ1v) is 8.73. The minimum Gasteiger partial charge on any atom is -0.496 e. The first-order valence-electron chi connectivity index (χ1n) is 8.73. The Hall–Kier alpha value is -2.37. The summed E-state index contributed by atoms with van der Waals surface area (Å²) in [6.07, 6.45) is 0. The zero-order chi connectivity index (χ0) is 19.1. The van der Waals surface area contributed by atoms with Crippen molar-refractivity contribution in [3.8, 4) is 5.75 Å². The molecule has 140 valence electrons. The van der Waals surface area contributed by atoms with E-state index in [9.17, 15) is 9.90 Å². The molecule has 0 bridgehead atoms. The van der Waals surface area contributed by atoms with E-state index in [2.05, 4.69) is 0 Å². The summed E-state index contributed by atoms with van der Waals surface area (Å²) >= 11 is 0. The van der Waals surface area contributed by atoms with Gasteiger partial charge in [0.1, 0.15) is 11.8 Å². The van der Waals surface area contributed by atoms with Gasteiger partial charge in [-0.25, -0.2) is 0 Å². The fraction of sp³-hybridized carbons (Fsp3) is 0.381. The summed E-state index contributed by atoms with van der Waals surface area (Å²) in [6, 6.07) is 15.1. The summed E-state index contributed by atoms with van der Waals surface area (Å²) in [5.74, 6) is 0.699. The van der Waals surface area contributed by atoms with Gasteiger partial charge in [0.2, 0.25) is 5.91 Å². The molecule has 1 atom stereocenters. The van der Waals surface area contributed by atoms with Crippen LogP contribution >= 0.6 is 0 Å². The van der Waals surface area contributed by atoms with Crippen molar-refractivity contribution in [2.24, 2.45) is 0 Å². The molecule has 0 spiro atoms. The predicted octanol–water partition coefficient (Wildman–Crippen LogP) is 2.63. The summed E-state index contributed by atoms with van der Waals surface area (Å²) in [5, 5.41) is 9.50. The van der Waals surface area contributed by atoms with Crippen molar-refractivity contribution in [1.82, 2.24) is 9.80 Å².